The van der Waals surface area contributed by atoms with Gasteiger partial charge in [0, 0.05) is 59.3 Å². The number of amides is 2. The molecule has 0 radical (unpaired) electrons. The van der Waals surface area contributed by atoms with Gasteiger partial charge in [-0.1, -0.05) is 0 Å². The maximum Gasteiger partial charge on any atom is 0.239 e. The number of hydrogen-bond donors (Lipinski definition) is 1. The fourth-order valence-electron chi connectivity index (χ4n) is 2.73. The van der Waals surface area contributed by atoms with Crippen molar-refractivity contribution in [1.82, 2.24) is 20.0 Å². The molecule has 2 amide bonds. The van der Waals surface area contributed by atoms with E-state index in [9.17, 15) is 9.59 Å². The van der Waals surface area contributed by atoms with Crippen LogP contribution in [0.2, 0.25) is 0 Å². The van der Waals surface area contributed by atoms with E-state index in [4.69, 9.17) is 0 Å². The van der Waals surface area contributed by atoms with Crippen molar-refractivity contribution >= 4 is 11.8 Å². The summed E-state index contributed by atoms with van der Waals surface area (Å²) in [6.07, 6.45) is 0. The molecule has 1 unspecified atom stereocenters. The van der Waals surface area contributed by atoms with Crippen LogP contribution in [0.3, 0.4) is 0 Å². The summed E-state index contributed by atoms with van der Waals surface area (Å²) in [4.78, 5) is 29.6. The highest BCUT2D eigenvalue weighted by Gasteiger charge is 2.29. The molecule has 0 saturated carbocycles. The van der Waals surface area contributed by atoms with Gasteiger partial charge < -0.3 is 15.1 Å². The summed E-state index contributed by atoms with van der Waals surface area (Å²) in [5.74, 6) is 0.298. The number of carbonyl (C=O) groups is 2. The lowest BCUT2D eigenvalue weighted by Crippen LogP contribution is -2.57. The minimum Gasteiger partial charge on any atom is -0.339 e. The van der Waals surface area contributed by atoms with Gasteiger partial charge in [0.15, 0.2) is 0 Å². The Labute approximate surface area is 114 Å². The molecule has 2 aliphatic rings. The first-order chi connectivity index (χ1) is 9.09. The zero-order valence-electron chi connectivity index (χ0n) is 11.9. The second kappa shape index (κ2) is 6.34. The molecule has 0 aromatic heterocycles. The number of piperazine rings is 2. The van der Waals surface area contributed by atoms with E-state index in [0.29, 0.717) is 26.2 Å². The highest BCUT2D eigenvalue weighted by molar-refractivity contribution is 5.82. The Balaban J connectivity index is 1.84. The van der Waals surface area contributed by atoms with E-state index in [-0.39, 0.29) is 17.9 Å². The van der Waals surface area contributed by atoms with Crippen LogP contribution in [0.1, 0.15) is 13.8 Å². The van der Waals surface area contributed by atoms with Crippen LogP contribution in [0.5, 0.6) is 0 Å². The Morgan fingerprint density at radius 2 is 1.47 bits per heavy atom. The van der Waals surface area contributed by atoms with Gasteiger partial charge in [-0.05, 0) is 6.92 Å². The number of hydrogen-bond acceptors (Lipinski definition) is 4. The first-order valence-electron chi connectivity index (χ1n) is 7.08. The summed E-state index contributed by atoms with van der Waals surface area (Å²) in [7, 11) is 0. The summed E-state index contributed by atoms with van der Waals surface area (Å²) in [5.41, 5.74) is 0. The van der Waals surface area contributed by atoms with E-state index in [2.05, 4.69) is 10.2 Å². The van der Waals surface area contributed by atoms with Gasteiger partial charge in [0.2, 0.25) is 11.8 Å². The SMILES string of the molecule is CC(=O)N1CCN(C(=O)C(C)N2CCNCC2)CC1. The molecule has 108 valence electrons. The summed E-state index contributed by atoms with van der Waals surface area (Å²) in [5, 5.41) is 3.30. The van der Waals surface area contributed by atoms with Gasteiger partial charge >= 0.3 is 0 Å². The molecular formula is C13H24N4O2. The number of nitrogens with zero attached hydrogens (tertiary/aromatic N) is 3. The van der Waals surface area contributed by atoms with Crippen molar-refractivity contribution < 1.29 is 9.59 Å². The van der Waals surface area contributed by atoms with Crippen molar-refractivity contribution in [1.29, 1.82) is 0 Å². The molecule has 0 spiro atoms. The third-order valence-corrected chi connectivity index (χ3v) is 4.09. The zero-order chi connectivity index (χ0) is 13.8. The lowest BCUT2D eigenvalue weighted by atomic mass is 10.2. The average Bonchev–Trinajstić information content (AvgIpc) is 2.46. The van der Waals surface area contributed by atoms with Gasteiger partial charge in [-0.3, -0.25) is 14.5 Å². The molecule has 0 aromatic rings. The van der Waals surface area contributed by atoms with Crippen LogP contribution in [-0.2, 0) is 9.59 Å². The fraction of sp³-hybridized carbons (Fsp3) is 0.846. The average molecular weight is 268 g/mol. The van der Waals surface area contributed by atoms with Gasteiger partial charge in [-0.2, -0.15) is 0 Å². The van der Waals surface area contributed by atoms with E-state index in [1.807, 2.05) is 11.8 Å². The standard InChI is InChI=1S/C13H24N4O2/c1-11(15-5-3-14-4-6-15)13(19)17-9-7-16(8-10-17)12(2)18/h11,14H,3-10H2,1-2H3. The Kier molecular flexibility index (Phi) is 4.76. The predicted octanol–water partition coefficient (Wildman–Crippen LogP) is -1.03. The molecule has 6 heteroatoms. The Morgan fingerprint density at radius 1 is 0.947 bits per heavy atom. The molecule has 2 saturated heterocycles. The molecule has 6 nitrogen and oxygen atoms in total. The van der Waals surface area contributed by atoms with Gasteiger partial charge in [-0.15, -0.1) is 0 Å². The molecular weight excluding hydrogens is 244 g/mol. The topological polar surface area (TPSA) is 55.9 Å². The molecule has 0 aliphatic carbocycles. The normalized spacial score (nSPS) is 23.3. The molecule has 2 heterocycles. The Morgan fingerprint density at radius 3 is 2.00 bits per heavy atom. The second-order valence-electron chi connectivity index (χ2n) is 5.29. The van der Waals surface area contributed by atoms with Crippen molar-refractivity contribution in [2.75, 3.05) is 52.4 Å². The summed E-state index contributed by atoms with van der Waals surface area (Å²) >= 11 is 0. The minimum atomic E-state index is -0.0500. The van der Waals surface area contributed by atoms with Crippen molar-refractivity contribution in [3.05, 3.63) is 0 Å². The van der Waals surface area contributed by atoms with Gasteiger partial charge in [0.25, 0.3) is 0 Å². The van der Waals surface area contributed by atoms with Crippen LogP contribution in [0.4, 0.5) is 0 Å². The third kappa shape index (κ3) is 3.45. The zero-order valence-corrected chi connectivity index (χ0v) is 11.9. The van der Waals surface area contributed by atoms with Crippen molar-refractivity contribution in [2.24, 2.45) is 0 Å². The molecule has 0 bridgehead atoms. The van der Waals surface area contributed by atoms with Crippen LogP contribution in [0, 0.1) is 0 Å². The molecule has 2 fully saturated rings. The maximum absolute atomic E-state index is 12.4. The highest BCUT2D eigenvalue weighted by atomic mass is 16.2. The van der Waals surface area contributed by atoms with E-state index < -0.39 is 0 Å². The number of carbonyl (C=O) groups excluding carboxylic acids is 2. The second-order valence-corrected chi connectivity index (χ2v) is 5.29. The van der Waals surface area contributed by atoms with Crippen molar-refractivity contribution in [3.8, 4) is 0 Å². The lowest BCUT2D eigenvalue weighted by molar-refractivity contribution is -0.142. The largest absolute Gasteiger partial charge is 0.339 e. The van der Waals surface area contributed by atoms with Crippen molar-refractivity contribution in [2.45, 2.75) is 19.9 Å². The van der Waals surface area contributed by atoms with Crippen LogP contribution >= 0.6 is 0 Å². The van der Waals surface area contributed by atoms with Crippen LogP contribution in [0.15, 0.2) is 0 Å². The van der Waals surface area contributed by atoms with Crippen molar-refractivity contribution in [3.63, 3.8) is 0 Å². The maximum atomic E-state index is 12.4. The smallest absolute Gasteiger partial charge is 0.239 e. The van der Waals surface area contributed by atoms with Gasteiger partial charge in [0.1, 0.15) is 0 Å². The molecule has 1 atom stereocenters. The monoisotopic (exact) mass is 268 g/mol. The highest BCUT2D eigenvalue weighted by Crippen LogP contribution is 2.09. The lowest BCUT2D eigenvalue weighted by Gasteiger charge is -2.38. The predicted molar refractivity (Wildman–Crippen MR) is 72.7 cm³/mol. The fourth-order valence-corrected chi connectivity index (χ4v) is 2.73. The van der Waals surface area contributed by atoms with E-state index in [0.717, 1.165) is 26.2 Å². The summed E-state index contributed by atoms with van der Waals surface area (Å²) in [6.45, 7) is 9.99. The first-order valence-corrected chi connectivity index (χ1v) is 7.08. The molecule has 2 aliphatic heterocycles. The Bertz CT molecular complexity index is 334. The van der Waals surface area contributed by atoms with Crippen LogP contribution in [-0.4, -0.2) is 84.9 Å². The van der Waals surface area contributed by atoms with E-state index >= 15 is 0 Å². The molecule has 2 rings (SSSR count). The van der Waals surface area contributed by atoms with E-state index in [1.165, 1.54) is 0 Å². The summed E-state index contributed by atoms with van der Waals surface area (Å²) < 4.78 is 0. The molecule has 19 heavy (non-hydrogen) atoms. The van der Waals surface area contributed by atoms with Gasteiger partial charge in [0.05, 0.1) is 6.04 Å². The van der Waals surface area contributed by atoms with Gasteiger partial charge in [-0.25, -0.2) is 0 Å². The summed E-state index contributed by atoms with van der Waals surface area (Å²) in [6, 6.07) is -0.0500. The minimum absolute atomic E-state index is 0.0500. The molecule has 0 aromatic carbocycles. The Hall–Kier alpha value is -1.14. The quantitative estimate of drug-likeness (QED) is 0.696. The number of rotatable bonds is 2. The third-order valence-electron chi connectivity index (χ3n) is 4.09. The first kappa shape index (κ1) is 14.3. The van der Waals surface area contributed by atoms with Crippen LogP contribution < -0.4 is 5.32 Å². The van der Waals surface area contributed by atoms with E-state index in [1.54, 1.807) is 11.8 Å². The van der Waals surface area contributed by atoms with Crippen LogP contribution in [0.25, 0.3) is 0 Å². The number of nitrogens with one attached hydrogen (secondary N) is 1. The molecule has 1 N–H and O–H groups in total.